The fourth-order valence-corrected chi connectivity index (χ4v) is 3.34. The van der Waals surface area contributed by atoms with Crippen LogP contribution in [0.15, 0.2) is 42.7 Å². The normalized spacial score (nSPS) is 14.8. The molecule has 0 saturated carbocycles. The van der Waals surface area contributed by atoms with E-state index in [1.54, 1.807) is 28.0 Å². The van der Waals surface area contributed by atoms with Crippen LogP contribution >= 0.6 is 11.6 Å². The minimum absolute atomic E-state index is 0.289. The number of amides is 1. The lowest BCUT2D eigenvalue weighted by Gasteiger charge is -2.29. The summed E-state index contributed by atoms with van der Waals surface area (Å²) in [6.45, 7) is 6.70. The lowest BCUT2D eigenvalue weighted by molar-refractivity contribution is 0.0270. The molecule has 0 saturated heterocycles. The number of carbonyl (C=O) groups excluding carboxylic acids is 1. The smallest absolute Gasteiger partial charge is 0.410 e. The van der Waals surface area contributed by atoms with Crippen LogP contribution in [0.2, 0.25) is 5.15 Å². The molecular weight excluding hydrogens is 390 g/mol. The van der Waals surface area contributed by atoms with E-state index in [-0.39, 0.29) is 6.09 Å². The van der Waals surface area contributed by atoms with Crippen molar-refractivity contribution < 1.29 is 9.53 Å². The summed E-state index contributed by atoms with van der Waals surface area (Å²) in [5.74, 6) is 0.704. The molecule has 3 aromatic heterocycles. The molecule has 7 nitrogen and oxygen atoms in total. The summed E-state index contributed by atoms with van der Waals surface area (Å²) < 4.78 is 7.20. The van der Waals surface area contributed by atoms with Crippen LogP contribution in [0.25, 0.3) is 22.3 Å². The third-order valence-electron chi connectivity index (χ3n) is 4.56. The fraction of sp³-hybridized carbons (Fsp3) is 0.333. The van der Waals surface area contributed by atoms with E-state index in [2.05, 4.69) is 10.1 Å². The van der Waals surface area contributed by atoms with Gasteiger partial charge in [-0.25, -0.2) is 19.4 Å². The van der Waals surface area contributed by atoms with E-state index in [0.717, 1.165) is 22.2 Å². The zero-order valence-electron chi connectivity index (χ0n) is 16.6. The third-order valence-corrected chi connectivity index (χ3v) is 4.77. The van der Waals surface area contributed by atoms with E-state index < -0.39 is 5.60 Å². The molecule has 0 fully saturated rings. The van der Waals surface area contributed by atoms with Crippen molar-refractivity contribution in [3.8, 4) is 5.82 Å². The maximum atomic E-state index is 12.2. The van der Waals surface area contributed by atoms with E-state index in [9.17, 15) is 4.79 Å². The molecule has 1 aliphatic heterocycles. The maximum Gasteiger partial charge on any atom is 0.410 e. The largest absolute Gasteiger partial charge is 0.444 e. The summed E-state index contributed by atoms with van der Waals surface area (Å²) in [6.07, 6.45) is 5.89. The number of halogens is 1. The molecule has 0 radical (unpaired) electrons. The first kappa shape index (κ1) is 19.4. The molecular formula is C21H22ClN5O2. The minimum Gasteiger partial charge on any atom is -0.444 e. The summed E-state index contributed by atoms with van der Waals surface area (Å²) >= 11 is 6.04. The van der Waals surface area contributed by atoms with Gasteiger partial charge in [-0.3, -0.25) is 0 Å². The van der Waals surface area contributed by atoms with Gasteiger partial charge >= 0.3 is 6.09 Å². The number of carbonyl (C=O) groups is 1. The monoisotopic (exact) mass is 411 g/mol. The first-order valence-electron chi connectivity index (χ1n) is 9.44. The van der Waals surface area contributed by atoms with Crippen LogP contribution in [0.3, 0.4) is 0 Å². The van der Waals surface area contributed by atoms with Gasteiger partial charge in [0.05, 0.1) is 17.4 Å². The molecule has 0 spiro atoms. The van der Waals surface area contributed by atoms with Crippen molar-refractivity contribution in [2.45, 2.75) is 32.8 Å². The van der Waals surface area contributed by atoms with Gasteiger partial charge in [0, 0.05) is 30.7 Å². The predicted molar refractivity (Wildman–Crippen MR) is 112 cm³/mol. The van der Waals surface area contributed by atoms with Gasteiger partial charge in [-0.2, -0.15) is 5.10 Å². The number of pyridine rings is 2. The quantitative estimate of drug-likeness (QED) is 0.581. The summed E-state index contributed by atoms with van der Waals surface area (Å²) in [5, 5.41) is 5.73. The fourth-order valence-electron chi connectivity index (χ4n) is 3.19. The second kappa shape index (κ2) is 7.48. The third kappa shape index (κ3) is 4.24. The average molecular weight is 412 g/mol. The highest BCUT2D eigenvalue weighted by Gasteiger charge is 2.24. The second-order valence-corrected chi connectivity index (χ2v) is 8.30. The Hall–Kier alpha value is -2.93. The van der Waals surface area contributed by atoms with Crippen molar-refractivity contribution in [2.24, 2.45) is 0 Å². The highest BCUT2D eigenvalue weighted by Crippen LogP contribution is 2.24. The predicted octanol–water partition coefficient (Wildman–Crippen LogP) is 4.49. The second-order valence-electron chi connectivity index (χ2n) is 7.91. The number of ether oxygens (including phenoxy) is 1. The van der Waals surface area contributed by atoms with E-state index >= 15 is 0 Å². The van der Waals surface area contributed by atoms with E-state index in [0.29, 0.717) is 30.5 Å². The molecule has 0 N–H and O–H groups in total. The van der Waals surface area contributed by atoms with Gasteiger partial charge in [0.1, 0.15) is 10.8 Å². The summed E-state index contributed by atoms with van der Waals surface area (Å²) in [6, 6.07) is 7.60. The molecule has 0 aliphatic carbocycles. The number of fused-ring (bicyclic) bond motifs is 1. The Labute approximate surface area is 174 Å². The molecule has 8 heteroatoms. The van der Waals surface area contributed by atoms with Gasteiger partial charge in [-0.05, 0) is 44.9 Å². The van der Waals surface area contributed by atoms with Crippen LogP contribution in [0.5, 0.6) is 0 Å². The topological polar surface area (TPSA) is 73.1 Å². The first-order chi connectivity index (χ1) is 13.8. The van der Waals surface area contributed by atoms with E-state index in [1.807, 2.05) is 45.0 Å². The van der Waals surface area contributed by atoms with E-state index in [4.69, 9.17) is 21.3 Å². The van der Waals surface area contributed by atoms with Crippen LogP contribution < -0.4 is 0 Å². The van der Waals surface area contributed by atoms with Crippen molar-refractivity contribution >= 4 is 34.2 Å². The molecule has 4 heterocycles. The molecule has 0 aromatic carbocycles. The Bertz CT molecular complexity index is 1100. The Kier molecular flexibility index (Phi) is 5.00. The Morgan fingerprint density at radius 1 is 1.24 bits per heavy atom. The molecule has 0 unspecified atom stereocenters. The van der Waals surface area contributed by atoms with Crippen molar-refractivity contribution in [1.29, 1.82) is 0 Å². The Balaban J connectivity index is 1.57. The van der Waals surface area contributed by atoms with Crippen LogP contribution in [0.4, 0.5) is 4.79 Å². The minimum atomic E-state index is -0.498. The Morgan fingerprint density at radius 3 is 2.79 bits per heavy atom. The molecule has 3 aromatic rings. The van der Waals surface area contributed by atoms with Gasteiger partial charge < -0.3 is 9.64 Å². The lowest BCUT2D eigenvalue weighted by Crippen LogP contribution is -2.39. The average Bonchev–Trinajstić information content (AvgIpc) is 3.10. The van der Waals surface area contributed by atoms with E-state index in [1.165, 1.54) is 0 Å². The highest BCUT2D eigenvalue weighted by atomic mass is 35.5. The lowest BCUT2D eigenvalue weighted by atomic mass is 10.0. The van der Waals surface area contributed by atoms with Gasteiger partial charge in [0.25, 0.3) is 0 Å². The van der Waals surface area contributed by atoms with Crippen LogP contribution in [0, 0.1) is 0 Å². The van der Waals surface area contributed by atoms with Gasteiger partial charge in [0.15, 0.2) is 5.82 Å². The van der Waals surface area contributed by atoms with Crippen molar-refractivity contribution in [3.63, 3.8) is 0 Å². The number of aromatic nitrogens is 4. The summed E-state index contributed by atoms with van der Waals surface area (Å²) in [7, 11) is 0. The summed E-state index contributed by atoms with van der Waals surface area (Å²) in [5.41, 5.74) is 2.32. The van der Waals surface area contributed by atoms with Gasteiger partial charge in [-0.15, -0.1) is 0 Å². The van der Waals surface area contributed by atoms with Crippen molar-refractivity contribution in [2.75, 3.05) is 13.1 Å². The number of hydrogen-bond donors (Lipinski definition) is 0. The SMILES string of the molecule is CC(C)(C)OC(=O)N1CC=C(c2cccc(-n3ncc4cnc(Cl)cc43)n2)CC1. The zero-order chi connectivity index (χ0) is 20.6. The molecule has 29 heavy (non-hydrogen) atoms. The number of rotatable bonds is 2. The number of nitrogens with zero attached hydrogens (tertiary/aromatic N) is 5. The van der Waals surface area contributed by atoms with Crippen LogP contribution in [-0.2, 0) is 4.74 Å². The van der Waals surface area contributed by atoms with Crippen LogP contribution in [0.1, 0.15) is 32.9 Å². The standard InChI is InChI=1S/C21H22ClN5O2/c1-21(2,3)29-20(28)26-9-7-14(8-10-26)16-5-4-6-19(25-16)27-17-11-18(22)23-12-15(17)13-24-27/h4-7,11-13H,8-10H2,1-3H3. The molecule has 1 aliphatic rings. The first-order valence-corrected chi connectivity index (χ1v) is 9.82. The van der Waals surface area contributed by atoms with Crippen molar-refractivity contribution in [3.05, 3.63) is 53.6 Å². The maximum absolute atomic E-state index is 12.2. The molecule has 0 atom stereocenters. The highest BCUT2D eigenvalue weighted by molar-refractivity contribution is 6.30. The Morgan fingerprint density at radius 2 is 2.07 bits per heavy atom. The molecule has 150 valence electrons. The van der Waals surface area contributed by atoms with Crippen molar-refractivity contribution in [1.82, 2.24) is 24.6 Å². The van der Waals surface area contributed by atoms with Gasteiger partial charge in [-0.1, -0.05) is 23.7 Å². The van der Waals surface area contributed by atoms with Crippen LogP contribution in [-0.4, -0.2) is 49.4 Å². The summed E-state index contributed by atoms with van der Waals surface area (Å²) in [4.78, 5) is 22.8. The molecule has 4 rings (SSSR count). The number of hydrogen-bond acceptors (Lipinski definition) is 5. The molecule has 1 amide bonds. The molecule has 0 bridgehead atoms. The zero-order valence-corrected chi connectivity index (χ0v) is 17.3. The van der Waals surface area contributed by atoms with Gasteiger partial charge in [0.2, 0.25) is 0 Å².